The van der Waals surface area contributed by atoms with Gasteiger partial charge in [-0.25, -0.2) is 9.97 Å². The van der Waals surface area contributed by atoms with Crippen LogP contribution in [-0.2, 0) is 0 Å². The summed E-state index contributed by atoms with van der Waals surface area (Å²) in [7, 11) is 1.52. The molecule has 2 N–H and O–H groups in total. The molecule has 1 aromatic heterocycles. The number of aromatic nitrogens is 2. The van der Waals surface area contributed by atoms with Gasteiger partial charge in [0, 0.05) is 23.8 Å². The molecule has 0 saturated carbocycles. The molecule has 0 spiro atoms. The molecule has 0 unspecified atom stereocenters. The van der Waals surface area contributed by atoms with Crippen molar-refractivity contribution in [2.24, 2.45) is 5.92 Å². The molecule has 0 aliphatic heterocycles. The van der Waals surface area contributed by atoms with Gasteiger partial charge in [0.15, 0.2) is 0 Å². The third-order valence-corrected chi connectivity index (χ3v) is 3.69. The predicted octanol–water partition coefficient (Wildman–Crippen LogP) is 3.77. The first-order chi connectivity index (χ1) is 11.4. The molecule has 0 fully saturated rings. The average molecular weight is 349 g/mol. The van der Waals surface area contributed by atoms with E-state index < -0.39 is 0 Å². The summed E-state index contributed by atoms with van der Waals surface area (Å²) in [6.45, 7) is 6.75. The van der Waals surface area contributed by atoms with Gasteiger partial charge in [0.2, 0.25) is 5.95 Å². The molecule has 6 nitrogen and oxygen atoms in total. The molecule has 0 saturated heterocycles. The van der Waals surface area contributed by atoms with Crippen LogP contribution in [0.1, 0.15) is 29.9 Å². The first kappa shape index (κ1) is 18.0. The van der Waals surface area contributed by atoms with Gasteiger partial charge in [0.05, 0.1) is 12.8 Å². The number of hydrogen-bond donors (Lipinski definition) is 2. The van der Waals surface area contributed by atoms with E-state index in [2.05, 4.69) is 34.4 Å². The zero-order chi connectivity index (χ0) is 17.7. The van der Waals surface area contributed by atoms with Crippen molar-refractivity contribution in [3.8, 4) is 5.75 Å². The summed E-state index contributed by atoms with van der Waals surface area (Å²) < 4.78 is 5.26. The summed E-state index contributed by atoms with van der Waals surface area (Å²) in [5.74, 6) is 1.03. The van der Waals surface area contributed by atoms with E-state index in [0.29, 0.717) is 28.3 Å². The third kappa shape index (κ3) is 4.58. The van der Waals surface area contributed by atoms with E-state index in [1.165, 1.54) is 7.11 Å². The zero-order valence-corrected chi connectivity index (χ0v) is 14.9. The minimum atomic E-state index is -0.343. The quantitative estimate of drug-likeness (QED) is 0.831. The lowest BCUT2D eigenvalue weighted by molar-refractivity contribution is 0.102. The van der Waals surface area contributed by atoms with Crippen LogP contribution in [0.5, 0.6) is 5.75 Å². The first-order valence-corrected chi connectivity index (χ1v) is 8.01. The van der Waals surface area contributed by atoms with Crippen LogP contribution >= 0.6 is 11.6 Å². The number of hydrogen-bond acceptors (Lipinski definition) is 5. The summed E-state index contributed by atoms with van der Waals surface area (Å²) in [6, 6.07) is 4.99. The molecule has 1 amide bonds. The molecule has 0 bridgehead atoms. The highest BCUT2D eigenvalue weighted by molar-refractivity contribution is 6.31. The number of nitrogens with one attached hydrogen (secondary N) is 2. The van der Waals surface area contributed by atoms with Crippen molar-refractivity contribution in [3.63, 3.8) is 0 Å². The van der Waals surface area contributed by atoms with Crippen molar-refractivity contribution >= 4 is 29.1 Å². The maximum Gasteiger partial charge on any atom is 0.274 e. The number of carbonyl (C=O) groups excluding carboxylic acids is 1. The topological polar surface area (TPSA) is 76.1 Å². The monoisotopic (exact) mass is 348 g/mol. The minimum absolute atomic E-state index is 0.269. The lowest BCUT2D eigenvalue weighted by Crippen LogP contribution is -2.17. The number of amides is 1. The fourth-order valence-corrected chi connectivity index (χ4v) is 2.14. The number of methoxy groups -OCH3 is 1. The smallest absolute Gasteiger partial charge is 0.274 e. The largest absolute Gasteiger partial charge is 0.495 e. The molecular formula is C17H21ClN4O2. The Morgan fingerprint density at radius 1 is 1.38 bits per heavy atom. The van der Waals surface area contributed by atoms with Gasteiger partial charge in [0.25, 0.3) is 5.91 Å². The van der Waals surface area contributed by atoms with E-state index in [0.717, 1.165) is 12.1 Å². The molecule has 0 radical (unpaired) electrons. The normalized spacial score (nSPS) is 10.6. The first-order valence-electron chi connectivity index (χ1n) is 7.63. The Kier molecular flexibility index (Phi) is 5.98. The van der Waals surface area contributed by atoms with Crippen LogP contribution in [0, 0.1) is 12.8 Å². The second kappa shape index (κ2) is 7.97. The number of ether oxygens (including phenoxy) is 1. The fraction of sp³-hybridized carbons (Fsp3) is 0.353. The van der Waals surface area contributed by atoms with Gasteiger partial charge < -0.3 is 15.4 Å². The van der Waals surface area contributed by atoms with E-state index in [-0.39, 0.29) is 11.6 Å². The number of nitrogens with zero attached hydrogens (tertiary/aromatic N) is 2. The summed E-state index contributed by atoms with van der Waals surface area (Å²) in [5, 5.41) is 6.47. The van der Waals surface area contributed by atoms with Crippen molar-refractivity contribution in [2.75, 3.05) is 24.3 Å². The summed E-state index contributed by atoms with van der Waals surface area (Å²) >= 11 is 6.08. The number of carbonyl (C=O) groups is 1. The molecule has 0 aliphatic rings. The molecule has 24 heavy (non-hydrogen) atoms. The maximum absolute atomic E-state index is 12.5. The third-order valence-electron chi connectivity index (χ3n) is 3.29. The molecule has 1 aromatic carbocycles. The zero-order valence-electron chi connectivity index (χ0n) is 14.2. The van der Waals surface area contributed by atoms with Crippen LogP contribution in [-0.4, -0.2) is 29.5 Å². The number of anilines is 2. The maximum atomic E-state index is 12.5. The van der Waals surface area contributed by atoms with E-state index in [9.17, 15) is 4.79 Å². The molecule has 2 rings (SSSR count). The molecule has 2 aromatic rings. The lowest BCUT2D eigenvalue weighted by atomic mass is 10.2. The van der Waals surface area contributed by atoms with E-state index in [1.54, 1.807) is 24.4 Å². The Morgan fingerprint density at radius 3 is 2.79 bits per heavy atom. The van der Waals surface area contributed by atoms with Gasteiger partial charge in [-0.1, -0.05) is 25.4 Å². The van der Waals surface area contributed by atoms with Gasteiger partial charge in [-0.2, -0.15) is 0 Å². The van der Waals surface area contributed by atoms with Crippen LogP contribution in [0.4, 0.5) is 11.6 Å². The SMILES string of the molecule is COc1cc(Cl)c(C)cc1NC(=O)c1ccnc(NCC(C)C)n1. The van der Waals surface area contributed by atoms with Crippen molar-refractivity contribution in [1.29, 1.82) is 0 Å². The second-order valence-electron chi connectivity index (χ2n) is 5.80. The lowest BCUT2D eigenvalue weighted by Gasteiger charge is -2.12. The molecule has 0 atom stereocenters. The van der Waals surface area contributed by atoms with Crippen LogP contribution in [0.25, 0.3) is 0 Å². The Balaban J connectivity index is 2.18. The highest BCUT2D eigenvalue weighted by Gasteiger charge is 2.14. The van der Waals surface area contributed by atoms with Crippen molar-refractivity contribution in [1.82, 2.24) is 9.97 Å². The number of rotatable bonds is 6. The Hall–Kier alpha value is -2.34. The average Bonchev–Trinajstić information content (AvgIpc) is 2.56. The molecule has 0 aliphatic carbocycles. The second-order valence-corrected chi connectivity index (χ2v) is 6.20. The van der Waals surface area contributed by atoms with Gasteiger partial charge in [-0.15, -0.1) is 0 Å². The van der Waals surface area contributed by atoms with E-state index in [1.807, 2.05) is 6.92 Å². The van der Waals surface area contributed by atoms with Crippen molar-refractivity contribution in [3.05, 3.63) is 40.7 Å². The van der Waals surface area contributed by atoms with Gasteiger partial charge >= 0.3 is 0 Å². The number of aryl methyl sites for hydroxylation is 1. The van der Waals surface area contributed by atoms with Crippen LogP contribution in [0.15, 0.2) is 24.4 Å². The Bertz CT molecular complexity index is 735. The molecule has 128 valence electrons. The molecule has 7 heteroatoms. The predicted molar refractivity (Wildman–Crippen MR) is 96.1 cm³/mol. The number of benzene rings is 1. The fourth-order valence-electron chi connectivity index (χ4n) is 1.98. The van der Waals surface area contributed by atoms with E-state index >= 15 is 0 Å². The van der Waals surface area contributed by atoms with Crippen LogP contribution < -0.4 is 15.4 Å². The summed E-state index contributed by atoms with van der Waals surface area (Å²) in [6.07, 6.45) is 1.55. The van der Waals surface area contributed by atoms with E-state index in [4.69, 9.17) is 16.3 Å². The van der Waals surface area contributed by atoms with Crippen molar-refractivity contribution < 1.29 is 9.53 Å². The van der Waals surface area contributed by atoms with Gasteiger partial charge in [-0.3, -0.25) is 4.79 Å². The van der Waals surface area contributed by atoms with Crippen molar-refractivity contribution in [2.45, 2.75) is 20.8 Å². The van der Waals surface area contributed by atoms with Gasteiger partial charge in [-0.05, 0) is 30.5 Å². The van der Waals surface area contributed by atoms with Crippen LogP contribution in [0.2, 0.25) is 5.02 Å². The molecule has 1 heterocycles. The molecular weight excluding hydrogens is 328 g/mol. The summed E-state index contributed by atoms with van der Waals surface area (Å²) in [5.41, 5.74) is 1.65. The Morgan fingerprint density at radius 2 is 2.12 bits per heavy atom. The number of halogens is 1. The van der Waals surface area contributed by atoms with Crippen LogP contribution in [0.3, 0.4) is 0 Å². The summed E-state index contributed by atoms with van der Waals surface area (Å²) in [4.78, 5) is 20.8. The highest BCUT2D eigenvalue weighted by atomic mass is 35.5. The van der Waals surface area contributed by atoms with Gasteiger partial charge in [0.1, 0.15) is 11.4 Å². The Labute approximate surface area is 146 Å². The minimum Gasteiger partial charge on any atom is -0.495 e. The highest BCUT2D eigenvalue weighted by Crippen LogP contribution is 2.31. The standard InChI is InChI=1S/C17H21ClN4O2/c1-10(2)9-20-17-19-6-5-13(22-17)16(23)21-14-7-11(3)12(18)8-15(14)24-4/h5-8,10H,9H2,1-4H3,(H,21,23)(H,19,20,22).